The average Bonchev–Trinajstić information content (AvgIpc) is 3.26. The molecule has 3 aromatic carbocycles. The second-order valence-electron chi connectivity index (χ2n) is 9.30. The number of hydrogen-bond donors (Lipinski definition) is 0. The summed E-state index contributed by atoms with van der Waals surface area (Å²) in [5.41, 5.74) is 4.04. The van der Waals surface area contributed by atoms with Crippen molar-refractivity contribution in [2.24, 2.45) is 4.99 Å². The summed E-state index contributed by atoms with van der Waals surface area (Å²) < 4.78 is 11.6. The molecule has 0 unspecified atom stereocenters. The Hall–Kier alpha value is -3.71. The highest BCUT2D eigenvalue weighted by atomic mass is 32.2. The normalized spacial score (nSPS) is 17.9. The van der Waals surface area contributed by atoms with Crippen LogP contribution in [0.2, 0.25) is 0 Å². The first kappa shape index (κ1) is 25.9. The summed E-state index contributed by atoms with van der Waals surface area (Å²) in [6.07, 6.45) is 5.70. The van der Waals surface area contributed by atoms with Crippen molar-refractivity contribution in [3.8, 4) is 11.5 Å². The summed E-state index contributed by atoms with van der Waals surface area (Å²) in [7, 11) is 1.62. The SMILES string of the molecule is CCN1C(=O)/C(=C/c2ccc(OCc3ccccc3)c(OC)c2)SC1=Nc1ccc(N2CCCCC2)cc1. The third-order valence-electron chi connectivity index (χ3n) is 6.72. The summed E-state index contributed by atoms with van der Waals surface area (Å²) in [6, 6.07) is 24.1. The molecule has 2 heterocycles. The van der Waals surface area contributed by atoms with Crippen LogP contribution >= 0.6 is 11.8 Å². The van der Waals surface area contributed by atoms with Gasteiger partial charge in [0.1, 0.15) is 6.61 Å². The summed E-state index contributed by atoms with van der Waals surface area (Å²) in [6.45, 7) is 5.21. The molecule has 0 radical (unpaired) electrons. The van der Waals surface area contributed by atoms with Gasteiger partial charge < -0.3 is 14.4 Å². The van der Waals surface area contributed by atoms with Crippen molar-refractivity contribution < 1.29 is 14.3 Å². The van der Waals surface area contributed by atoms with E-state index in [0.717, 1.165) is 29.9 Å². The number of likely N-dealkylation sites (N-methyl/N-ethyl adjacent to an activating group) is 1. The summed E-state index contributed by atoms with van der Waals surface area (Å²) in [5.74, 6) is 1.25. The van der Waals surface area contributed by atoms with E-state index in [0.29, 0.717) is 34.7 Å². The zero-order chi connectivity index (χ0) is 26.3. The zero-order valence-electron chi connectivity index (χ0n) is 21.9. The molecule has 0 saturated carbocycles. The van der Waals surface area contributed by atoms with E-state index in [1.54, 1.807) is 12.0 Å². The molecule has 196 valence electrons. The van der Waals surface area contributed by atoms with Gasteiger partial charge in [0.05, 0.1) is 17.7 Å². The highest BCUT2D eigenvalue weighted by Gasteiger charge is 2.32. The fourth-order valence-electron chi connectivity index (χ4n) is 4.65. The second kappa shape index (κ2) is 12.2. The van der Waals surface area contributed by atoms with Crippen LogP contribution in [-0.2, 0) is 11.4 Å². The Kier molecular flexibility index (Phi) is 8.34. The number of piperidine rings is 1. The van der Waals surface area contributed by atoms with E-state index in [2.05, 4.69) is 17.0 Å². The van der Waals surface area contributed by atoms with Gasteiger partial charge in [-0.05, 0) is 91.5 Å². The molecule has 1 amide bonds. The number of ether oxygens (including phenoxy) is 2. The number of amidine groups is 1. The third kappa shape index (κ3) is 6.05. The summed E-state index contributed by atoms with van der Waals surface area (Å²) in [5, 5.41) is 0.698. The molecule has 2 aliphatic rings. The van der Waals surface area contributed by atoms with E-state index in [1.165, 1.54) is 36.7 Å². The minimum absolute atomic E-state index is 0.0374. The Morgan fingerprint density at radius 1 is 0.947 bits per heavy atom. The zero-order valence-corrected chi connectivity index (χ0v) is 22.7. The van der Waals surface area contributed by atoms with Crippen molar-refractivity contribution in [1.29, 1.82) is 0 Å². The molecule has 2 fully saturated rings. The predicted octanol–water partition coefficient (Wildman–Crippen LogP) is 6.89. The number of carbonyl (C=O) groups excluding carboxylic acids is 1. The van der Waals surface area contributed by atoms with Gasteiger partial charge in [0.2, 0.25) is 0 Å². The van der Waals surface area contributed by atoms with Gasteiger partial charge in [0, 0.05) is 25.3 Å². The lowest BCUT2D eigenvalue weighted by atomic mass is 10.1. The second-order valence-corrected chi connectivity index (χ2v) is 10.3. The van der Waals surface area contributed by atoms with Gasteiger partial charge in [-0.1, -0.05) is 36.4 Å². The maximum atomic E-state index is 13.2. The number of nitrogens with zero attached hydrogens (tertiary/aromatic N) is 3. The van der Waals surface area contributed by atoms with Gasteiger partial charge in [-0.3, -0.25) is 9.69 Å². The van der Waals surface area contributed by atoms with Crippen molar-refractivity contribution in [3.63, 3.8) is 0 Å². The first-order valence-corrected chi connectivity index (χ1v) is 14.0. The largest absolute Gasteiger partial charge is 0.493 e. The first-order chi connectivity index (χ1) is 18.6. The topological polar surface area (TPSA) is 54.4 Å². The number of thioether (sulfide) groups is 1. The molecule has 6 nitrogen and oxygen atoms in total. The van der Waals surface area contributed by atoms with Crippen LogP contribution < -0.4 is 14.4 Å². The molecule has 0 N–H and O–H groups in total. The summed E-state index contributed by atoms with van der Waals surface area (Å²) in [4.78, 5) is 22.8. The van der Waals surface area contributed by atoms with E-state index in [-0.39, 0.29) is 5.91 Å². The first-order valence-electron chi connectivity index (χ1n) is 13.1. The number of rotatable bonds is 8. The molecule has 5 rings (SSSR count). The van der Waals surface area contributed by atoms with E-state index in [1.807, 2.05) is 73.7 Å². The van der Waals surface area contributed by atoms with Gasteiger partial charge in [-0.2, -0.15) is 0 Å². The molecule has 2 saturated heterocycles. The number of aliphatic imine (C=N–C) groups is 1. The number of carbonyl (C=O) groups is 1. The molecule has 38 heavy (non-hydrogen) atoms. The van der Waals surface area contributed by atoms with E-state index < -0.39 is 0 Å². The van der Waals surface area contributed by atoms with Crippen LogP contribution in [0, 0.1) is 0 Å². The lowest BCUT2D eigenvalue weighted by molar-refractivity contribution is -0.122. The Morgan fingerprint density at radius 2 is 1.71 bits per heavy atom. The van der Waals surface area contributed by atoms with Crippen molar-refractivity contribution in [2.45, 2.75) is 32.8 Å². The Bertz CT molecular complexity index is 1320. The number of methoxy groups -OCH3 is 1. The average molecular weight is 528 g/mol. The molecule has 3 aromatic rings. The Labute approximate surface area is 229 Å². The van der Waals surface area contributed by atoms with E-state index >= 15 is 0 Å². The minimum Gasteiger partial charge on any atom is -0.493 e. The molecular weight excluding hydrogens is 494 g/mol. The van der Waals surface area contributed by atoms with Gasteiger partial charge >= 0.3 is 0 Å². The molecular formula is C31H33N3O3S. The van der Waals surface area contributed by atoms with Crippen LogP contribution in [0.4, 0.5) is 11.4 Å². The van der Waals surface area contributed by atoms with Gasteiger partial charge in [0.15, 0.2) is 16.7 Å². The summed E-state index contributed by atoms with van der Waals surface area (Å²) >= 11 is 1.40. The van der Waals surface area contributed by atoms with Gasteiger partial charge in [0.25, 0.3) is 5.91 Å². The van der Waals surface area contributed by atoms with Gasteiger partial charge in [-0.25, -0.2) is 4.99 Å². The fraction of sp³-hybridized carbons (Fsp3) is 0.290. The lowest BCUT2D eigenvalue weighted by Gasteiger charge is -2.28. The predicted molar refractivity (Wildman–Crippen MR) is 156 cm³/mol. The third-order valence-corrected chi connectivity index (χ3v) is 7.73. The Balaban J connectivity index is 1.31. The number of benzene rings is 3. The van der Waals surface area contributed by atoms with Crippen molar-refractivity contribution in [2.75, 3.05) is 31.6 Å². The monoisotopic (exact) mass is 527 g/mol. The maximum Gasteiger partial charge on any atom is 0.266 e. The van der Waals surface area contributed by atoms with E-state index in [9.17, 15) is 4.79 Å². The fourth-order valence-corrected chi connectivity index (χ4v) is 5.71. The molecule has 2 aliphatic heterocycles. The molecule has 0 atom stereocenters. The quantitative estimate of drug-likeness (QED) is 0.299. The minimum atomic E-state index is -0.0374. The number of hydrogen-bond acceptors (Lipinski definition) is 6. The van der Waals surface area contributed by atoms with E-state index in [4.69, 9.17) is 14.5 Å². The van der Waals surface area contributed by atoms with Crippen molar-refractivity contribution >= 4 is 40.3 Å². The van der Waals surface area contributed by atoms with Crippen LogP contribution in [0.1, 0.15) is 37.3 Å². The van der Waals surface area contributed by atoms with Crippen LogP contribution in [0.5, 0.6) is 11.5 Å². The maximum absolute atomic E-state index is 13.2. The lowest BCUT2D eigenvalue weighted by Crippen LogP contribution is -2.29. The molecule has 0 aromatic heterocycles. The van der Waals surface area contributed by atoms with Gasteiger partial charge in [-0.15, -0.1) is 0 Å². The number of anilines is 1. The van der Waals surface area contributed by atoms with Crippen LogP contribution in [-0.4, -0.2) is 42.7 Å². The number of amides is 1. The van der Waals surface area contributed by atoms with Crippen molar-refractivity contribution in [3.05, 3.63) is 88.8 Å². The molecule has 0 spiro atoms. The molecule has 0 aliphatic carbocycles. The highest BCUT2D eigenvalue weighted by molar-refractivity contribution is 8.18. The van der Waals surface area contributed by atoms with Crippen LogP contribution in [0.3, 0.4) is 0 Å². The highest BCUT2D eigenvalue weighted by Crippen LogP contribution is 2.36. The molecule has 0 bridgehead atoms. The Morgan fingerprint density at radius 3 is 2.42 bits per heavy atom. The van der Waals surface area contributed by atoms with Crippen LogP contribution in [0.15, 0.2) is 82.7 Å². The van der Waals surface area contributed by atoms with Crippen LogP contribution in [0.25, 0.3) is 6.08 Å². The van der Waals surface area contributed by atoms with Crippen molar-refractivity contribution in [1.82, 2.24) is 4.90 Å². The smallest absolute Gasteiger partial charge is 0.266 e. The standard InChI is InChI=1S/C31H33N3O3S/c1-3-34-30(35)29(38-31(34)32-25-13-15-26(16-14-25)33-18-8-5-9-19-33)21-24-12-17-27(28(20-24)36-2)37-22-23-10-6-4-7-11-23/h4,6-7,10-17,20-21H,3,5,8-9,18-19,22H2,1-2H3/b29-21-,32-31?. The molecule has 7 heteroatoms.